The number of benzene rings is 1. The third-order valence-corrected chi connectivity index (χ3v) is 2.10. The lowest BCUT2D eigenvalue weighted by molar-refractivity contribution is 0.274. The molecule has 0 spiro atoms. The maximum Gasteiger partial charge on any atom is 0.0682 e. The molecule has 0 aliphatic rings. The topological polar surface area (TPSA) is 60.7 Å². The Morgan fingerprint density at radius 2 is 1.29 bits per heavy atom. The Morgan fingerprint density at radius 1 is 0.786 bits per heavy atom. The molecule has 14 heavy (non-hydrogen) atoms. The molecule has 0 radical (unpaired) electrons. The van der Waals surface area contributed by atoms with Gasteiger partial charge in [-0.15, -0.1) is 0 Å². The first-order valence-electron chi connectivity index (χ1n) is 4.74. The zero-order valence-corrected chi connectivity index (χ0v) is 8.11. The molecule has 0 amide bonds. The van der Waals surface area contributed by atoms with Gasteiger partial charge in [0, 0.05) is 6.61 Å². The fraction of sp³-hybridized carbons (Fsp3) is 0.455. The average molecular weight is 196 g/mol. The van der Waals surface area contributed by atoms with E-state index in [9.17, 15) is 0 Å². The third kappa shape index (κ3) is 3.10. The Labute approximate surface area is 83.6 Å². The molecule has 1 aromatic carbocycles. The van der Waals surface area contributed by atoms with Crippen molar-refractivity contribution in [2.45, 2.75) is 26.1 Å². The minimum Gasteiger partial charge on any atom is -0.396 e. The van der Waals surface area contributed by atoms with Gasteiger partial charge in [0.05, 0.1) is 13.2 Å². The molecule has 1 aromatic rings. The van der Waals surface area contributed by atoms with E-state index in [4.69, 9.17) is 15.3 Å². The first kappa shape index (κ1) is 11.2. The summed E-state index contributed by atoms with van der Waals surface area (Å²) in [5, 5.41) is 26.6. The van der Waals surface area contributed by atoms with Crippen LogP contribution >= 0.6 is 0 Å². The van der Waals surface area contributed by atoms with Gasteiger partial charge in [0.15, 0.2) is 0 Å². The molecule has 3 heteroatoms. The second-order valence-corrected chi connectivity index (χ2v) is 3.30. The molecule has 0 aliphatic carbocycles. The number of aryl methyl sites for hydroxylation is 1. The third-order valence-electron chi connectivity index (χ3n) is 2.10. The molecule has 0 aromatic heterocycles. The van der Waals surface area contributed by atoms with Gasteiger partial charge in [0.1, 0.15) is 0 Å². The first-order chi connectivity index (χ1) is 6.80. The van der Waals surface area contributed by atoms with E-state index in [1.807, 2.05) is 12.1 Å². The highest BCUT2D eigenvalue weighted by atomic mass is 16.3. The zero-order chi connectivity index (χ0) is 10.4. The van der Waals surface area contributed by atoms with Crippen LogP contribution in [0.1, 0.15) is 23.1 Å². The summed E-state index contributed by atoms with van der Waals surface area (Å²) >= 11 is 0. The van der Waals surface area contributed by atoms with Crippen LogP contribution in [0.2, 0.25) is 0 Å². The zero-order valence-electron chi connectivity index (χ0n) is 8.11. The molecule has 0 fully saturated rings. The van der Waals surface area contributed by atoms with Crippen molar-refractivity contribution >= 4 is 0 Å². The monoisotopic (exact) mass is 196 g/mol. The summed E-state index contributed by atoms with van der Waals surface area (Å²) in [6.45, 7) is 0.137. The van der Waals surface area contributed by atoms with E-state index in [0.717, 1.165) is 23.1 Å². The SMILES string of the molecule is OCCCc1cc(CO)cc(CO)c1. The van der Waals surface area contributed by atoms with Gasteiger partial charge in [0.25, 0.3) is 0 Å². The Balaban J connectivity index is 2.81. The molecule has 0 atom stereocenters. The van der Waals surface area contributed by atoms with Crippen LogP contribution in [-0.2, 0) is 19.6 Å². The molecule has 0 bridgehead atoms. The quantitative estimate of drug-likeness (QED) is 0.646. The smallest absolute Gasteiger partial charge is 0.0682 e. The molecule has 0 saturated carbocycles. The summed E-state index contributed by atoms with van der Waals surface area (Å²) in [4.78, 5) is 0. The normalized spacial score (nSPS) is 10.5. The van der Waals surface area contributed by atoms with Gasteiger partial charge >= 0.3 is 0 Å². The predicted octanol–water partition coefficient (Wildman–Crippen LogP) is 0.596. The molecule has 0 aliphatic heterocycles. The maximum atomic E-state index is 8.98. The molecule has 0 heterocycles. The van der Waals surface area contributed by atoms with Crippen LogP contribution in [0.15, 0.2) is 18.2 Å². The van der Waals surface area contributed by atoms with E-state index in [1.54, 1.807) is 6.07 Å². The number of aliphatic hydroxyl groups is 3. The summed E-state index contributed by atoms with van der Waals surface area (Å²) in [5.74, 6) is 0. The molecule has 0 unspecified atom stereocenters. The predicted molar refractivity (Wildman–Crippen MR) is 53.7 cm³/mol. The summed E-state index contributed by atoms with van der Waals surface area (Å²) in [6, 6.07) is 5.58. The van der Waals surface area contributed by atoms with Gasteiger partial charge in [0.2, 0.25) is 0 Å². The summed E-state index contributed by atoms with van der Waals surface area (Å²) < 4.78 is 0. The van der Waals surface area contributed by atoms with Crippen molar-refractivity contribution in [1.82, 2.24) is 0 Å². The number of hydrogen-bond donors (Lipinski definition) is 3. The van der Waals surface area contributed by atoms with Crippen LogP contribution < -0.4 is 0 Å². The van der Waals surface area contributed by atoms with Crippen molar-refractivity contribution in [3.05, 3.63) is 34.9 Å². The average Bonchev–Trinajstić information content (AvgIpc) is 2.25. The number of hydrogen-bond acceptors (Lipinski definition) is 3. The largest absolute Gasteiger partial charge is 0.396 e. The Morgan fingerprint density at radius 3 is 1.71 bits per heavy atom. The minimum atomic E-state index is -0.0139. The molecule has 3 nitrogen and oxygen atoms in total. The molecular weight excluding hydrogens is 180 g/mol. The van der Waals surface area contributed by atoms with Crippen molar-refractivity contribution in [2.75, 3.05) is 6.61 Å². The summed E-state index contributed by atoms with van der Waals surface area (Å²) in [6.07, 6.45) is 1.48. The molecule has 3 N–H and O–H groups in total. The van der Waals surface area contributed by atoms with Gasteiger partial charge in [-0.1, -0.05) is 18.2 Å². The number of rotatable bonds is 5. The molecular formula is C11H16O3. The van der Waals surface area contributed by atoms with E-state index < -0.39 is 0 Å². The highest BCUT2D eigenvalue weighted by Gasteiger charge is 1.99. The van der Waals surface area contributed by atoms with Crippen LogP contribution in [0.4, 0.5) is 0 Å². The second-order valence-electron chi connectivity index (χ2n) is 3.30. The second kappa shape index (κ2) is 5.75. The van der Waals surface area contributed by atoms with Crippen LogP contribution in [0.25, 0.3) is 0 Å². The highest BCUT2D eigenvalue weighted by Crippen LogP contribution is 2.12. The summed E-state index contributed by atoms with van der Waals surface area (Å²) in [7, 11) is 0. The van der Waals surface area contributed by atoms with Crippen LogP contribution in [0.5, 0.6) is 0 Å². The van der Waals surface area contributed by atoms with Gasteiger partial charge in [-0.25, -0.2) is 0 Å². The van der Waals surface area contributed by atoms with Crippen LogP contribution in [0.3, 0.4) is 0 Å². The fourth-order valence-corrected chi connectivity index (χ4v) is 1.45. The first-order valence-corrected chi connectivity index (χ1v) is 4.74. The van der Waals surface area contributed by atoms with Crippen molar-refractivity contribution in [3.63, 3.8) is 0 Å². The fourth-order valence-electron chi connectivity index (χ4n) is 1.45. The van der Waals surface area contributed by atoms with Gasteiger partial charge in [-0.05, 0) is 29.5 Å². The Hall–Kier alpha value is -0.900. The van der Waals surface area contributed by atoms with E-state index in [0.29, 0.717) is 6.42 Å². The molecule has 1 rings (SSSR count). The van der Waals surface area contributed by atoms with E-state index >= 15 is 0 Å². The number of aliphatic hydroxyl groups excluding tert-OH is 3. The van der Waals surface area contributed by atoms with E-state index in [1.165, 1.54) is 0 Å². The maximum absolute atomic E-state index is 8.98. The van der Waals surface area contributed by atoms with Crippen molar-refractivity contribution in [1.29, 1.82) is 0 Å². The van der Waals surface area contributed by atoms with Crippen molar-refractivity contribution < 1.29 is 15.3 Å². The van der Waals surface area contributed by atoms with E-state index in [2.05, 4.69) is 0 Å². The minimum absolute atomic E-state index is 0.0139. The van der Waals surface area contributed by atoms with Gasteiger partial charge in [-0.2, -0.15) is 0 Å². The van der Waals surface area contributed by atoms with Crippen molar-refractivity contribution in [3.8, 4) is 0 Å². The van der Waals surface area contributed by atoms with Gasteiger partial charge < -0.3 is 15.3 Å². The Bertz CT molecular complexity index is 262. The van der Waals surface area contributed by atoms with Crippen LogP contribution in [-0.4, -0.2) is 21.9 Å². The Kier molecular flexibility index (Phi) is 4.59. The molecule has 0 saturated heterocycles. The van der Waals surface area contributed by atoms with Gasteiger partial charge in [-0.3, -0.25) is 0 Å². The lowest BCUT2D eigenvalue weighted by atomic mass is 10.0. The standard InChI is InChI=1S/C11H16O3/c12-3-1-2-9-4-10(7-13)6-11(5-9)8-14/h4-6,12-14H,1-3,7-8H2. The highest BCUT2D eigenvalue weighted by molar-refractivity contribution is 5.29. The van der Waals surface area contributed by atoms with E-state index in [-0.39, 0.29) is 19.8 Å². The molecule has 78 valence electrons. The van der Waals surface area contributed by atoms with Crippen LogP contribution in [0, 0.1) is 0 Å². The summed E-state index contributed by atoms with van der Waals surface area (Å²) in [5.41, 5.74) is 2.67. The lowest BCUT2D eigenvalue weighted by Crippen LogP contribution is -1.95. The van der Waals surface area contributed by atoms with Crippen molar-refractivity contribution in [2.24, 2.45) is 0 Å². The lowest BCUT2D eigenvalue weighted by Gasteiger charge is -2.06.